The molecule has 2 heterocycles. The normalized spacial score (nSPS) is 20.6. The summed E-state index contributed by atoms with van der Waals surface area (Å²) in [4.78, 5) is 12.7. The first-order valence-electron chi connectivity index (χ1n) is 7.32. The lowest BCUT2D eigenvalue weighted by molar-refractivity contribution is -0.137. The largest absolute Gasteiger partial charge is 0.462 e. The van der Waals surface area contributed by atoms with Gasteiger partial charge in [-0.05, 0) is 35.9 Å². The Morgan fingerprint density at radius 1 is 1.33 bits per heavy atom. The second-order valence-corrected chi connectivity index (χ2v) is 5.39. The molecule has 1 aromatic carbocycles. The van der Waals surface area contributed by atoms with Crippen molar-refractivity contribution in [2.24, 2.45) is 0 Å². The van der Waals surface area contributed by atoms with Gasteiger partial charge in [0.2, 0.25) is 5.78 Å². The average Bonchev–Trinajstić information content (AvgIpc) is 2.91. The molecule has 0 amide bonds. The van der Waals surface area contributed by atoms with Crippen LogP contribution in [0.1, 0.15) is 17.5 Å². The van der Waals surface area contributed by atoms with Gasteiger partial charge in [-0.1, -0.05) is 18.2 Å². The Hall–Kier alpha value is -2.70. The smallest absolute Gasteiger partial charge is 0.416 e. The molecule has 7 heteroatoms. The molecule has 2 N–H and O–H groups in total. The summed E-state index contributed by atoms with van der Waals surface area (Å²) in [5, 5.41) is 5.65. The third kappa shape index (κ3) is 2.89. The number of carbonyl (C=O) groups is 1. The summed E-state index contributed by atoms with van der Waals surface area (Å²) in [6.07, 6.45) is 0.477. The van der Waals surface area contributed by atoms with Crippen LogP contribution in [-0.2, 0) is 15.7 Å². The van der Waals surface area contributed by atoms with Crippen molar-refractivity contribution in [1.29, 1.82) is 0 Å². The fourth-order valence-electron chi connectivity index (χ4n) is 2.69. The Morgan fingerprint density at radius 2 is 2.12 bits per heavy atom. The van der Waals surface area contributed by atoms with E-state index < -0.39 is 17.8 Å². The lowest BCUT2D eigenvalue weighted by Crippen LogP contribution is -2.23. The third-order valence-electron chi connectivity index (χ3n) is 3.83. The van der Waals surface area contributed by atoms with Gasteiger partial charge in [-0.25, -0.2) is 0 Å². The molecule has 2 aliphatic heterocycles. The molecule has 0 aliphatic carbocycles. The van der Waals surface area contributed by atoms with Crippen LogP contribution < -0.4 is 10.6 Å². The van der Waals surface area contributed by atoms with Crippen molar-refractivity contribution >= 4 is 11.4 Å². The summed E-state index contributed by atoms with van der Waals surface area (Å²) in [5.41, 5.74) is 0.226. The molecular formula is C17H15F3N2O2. The maximum absolute atomic E-state index is 12.9. The first kappa shape index (κ1) is 16.2. The number of nitrogens with one attached hydrogen (secondary N) is 2. The molecule has 0 saturated carbocycles. The molecule has 0 aromatic heterocycles. The van der Waals surface area contributed by atoms with E-state index in [-0.39, 0.29) is 22.8 Å². The zero-order valence-corrected chi connectivity index (χ0v) is 12.8. The van der Waals surface area contributed by atoms with Crippen molar-refractivity contribution in [2.45, 2.75) is 18.7 Å². The number of Topliss-reactive ketones (excluding diaryl/α,β-unsaturated/α-hetero) is 1. The van der Waals surface area contributed by atoms with Crippen LogP contribution in [0.25, 0.3) is 5.57 Å². The molecule has 3 rings (SSSR count). The minimum absolute atomic E-state index is 0.129. The van der Waals surface area contributed by atoms with Gasteiger partial charge in [0.1, 0.15) is 0 Å². The molecular weight excluding hydrogens is 321 g/mol. The van der Waals surface area contributed by atoms with Crippen molar-refractivity contribution in [1.82, 2.24) is 10.6 Å². The van der Waals surface area contributed by atoms with E-state index in [0.29, 0.717) is 6.42 Å². The highest BCUT2D eigenvalue weighted by Crippen LogP contribution is 2.36. The Kier molecular flexibility index (Phi) is 4.09. The highest BCUT2D eigenvalue weighted by atomic mass is 19.4. The fraction of sp³-hybridized carbons (Fsp3) is 0.235. The van der Waals surface area contributed by atoms with Crippen molar-refractivity contribution in [3.05, 3.63) is 65.3 Å². The van der Waals surface area contributed by atoms with Crippen molar-refractivity contribution in [3.63, 3.8) is 0 Å². The van der Waals surface area contributed by atoms with E-state index in [1.54, 1.807) is 19.4 Å². The molecule has 4 nitrogen and oxygen atoms in total. The first-order valence-corrected chi connectivity index (χ1v) is 7.32. The maximum atomic E-state index is 12.9. The lowest BCUT2D eigenvalue weighted by atomic mass is 9.94. The molecule has 1 atom stereocenters. The van der Waals surface area contributed by atoms with Crippen molar-refractivity contribution in [2.75, 3.05) is 7.05 Å². The van der Waals surface area contributed by atoms with Gasteiger partial charge in [0.25, 0.3) is 0 Å². The van der Waals surface area contributed by atoms with Crippen LogP contribution in [0.4, 0.5) is 13.2 Å². The summed E-state index contributed by atoms with van der Waals surface area (Å²) >= 11 is 0. The molecule has 0 spiro atoms. The number of allylic oxidation sites excluding steroid dienone is 1. The Bertz CT molecular complexity index is 763. The monoisotopic (exact) mass is 336 g/mol. The minimum Gasteiger partial charge on any atom is -0.462 e. The van der Waals surface area contributed by atoms with Crippen LogP contribution in [0, 0.1) is 0 Å². The number of carbonyl (C=O) groups excluding carboxylic acids is 1. The quantitative estimate of drug-likeness (QED) is 0.891. The highest BCUT2D eigenvalue weighted by molar-refractivity contribution is 6.26. The van der Waals surface area contributed by atoms with Crippen molar-refractivity contribution in [3.8, 4) is 0 Å². The average molecular weight is 336 g/mol. The van der Waals surface area contributed by atoms with Crippen LogP contribution in [-0.4, -0.2) is 18.9 Å². The van der Waals surface area contributed by atoms with Crippen LogP contribution in [0.15, 0.2) is 54.2 Å². The molecule has 0 bridgehead atoms. The number of ketones is 1. The summed E-state index contributed by atoms with van der Waals surface area (Å²) in [5.74, 6) is -0.179. The molecule has 2 aliphatic rings. The number of alkyl halides is 3. The number of ether oxygens (including phenoxy) is 1. The summed E-state index contributed by atoms with van der Waals surface area (Å²) < 4.78 is 44.4. The highest BCUT2D eigenvalue weighted by Gasteiger charge is 2.39. The number of rotatable bonds is 3. The Balaban J connectivity index is 1.97. The van der Waals surface area contributed by atoms with Gasteiger partial charge in [0.05, 0.1) is 11.1 Å². The molecule has 0 radical (unpaired) electrons. The molecule has 126 valence electrons. The maximum Gasteiger partial charge on any atom is 0.416 e. The van der Waals surface area contributed by atoms with Gasteiger partial charge in [-0.15, -0.1) is 0 Å². The number of dihydropyridines is 1. The summed E-state index contributed by atoms with van der Waals surface area (Å²) in [6, 6.07) is 4.69. The Morgan fingerprint density at radius 3 is 2.75 bits per heavy atom. The Labute approximate surface area is 136 Å². The van der Waals surface area contributed by atoms with E-state index in [4.69, 9.17) is 4.74 Å². The van der Waals surface area contributed by atoms with E-state index in [0.717, 1.165) is 17.7 Å². The van der Waals surface area contributed by atoms with Crippen LogP contribution in [0.2, 0.25) is 0 Å². The fourth-order valence-corrected chi connectivity index (χ4v) is 2.69. The topological polar surface area (TPSA) is 50.4 Å². The number of halogens is 3. The summed E-state index contributed by atoms with van der Waals surface area (Å²) in [6.45, 7) is 0. The van der Waals surface area contributed by atoms with Gasteiger partial charge >= 0.3 is 6.18 Å². The predicted octanol–water partition coefficient (Wildman–Crippen LogP) is 2.95. The van der Waals surface area contributed by atoms with Crippen molar-refractivity contribution < 1.29 is 22.7 Å². The lowest BCUT2D eigenvalue weighted by Gasteiger charge is -2.16. The third-order valence-corrected chi connectivity index (χ3v) is 3.83. The zero-order chi connectivity index (χ0) is 17.3. The van der Waals surface area contributed by atoms with Gasteiger partial charge in [-0.2, -0.15) is 13.2 Å². The van der Waals surface area contributed by atoms with Crippen LogP contribution >= 0.6 is 0 Å². The van der Waals surface area contributed by atoms with Gasteiger partial charge in [-0.3, -0.25) is 4.79 Å². The van der Waals surface area contributed by atoms with Gasteiger partial charge < -0.3 is 15.4 Å². The number of hydrogen-bond donors (Lipinski definition) is 2. The van der Waals surface area contributed by atoms with E-state index in [1.807, 2.05) is 6.08 Å². The van der Waals surface area contributed by atoms with Crippen LogP contribution in [0.5, 0.6) is 0 Å². The predicted molar refractivity (Wildman–Crippen MR) is 82.3 cm³/mol. The molecule has 0 saturated heterocycles. The van der Waals surface area contributed by atoms with E-state index in [2.05, 4.69) is 10.6 Å². The molecule has 0 fully saturated rings. The van der Waals surface area contributed by atoms with E-state index >= 15 is 0 Å². The molecule has 1 unspecified atom stereocenters. The summed E-state index contributed by atoms with van der Waals surface area (Å²) in [7, 11) is 1.56. The molecule has 24 heavy (non-hydrogen) atoms. The first-order chi connectivity index (χ1) is 11.4. The van der Waals surface area contributed by atoms with Gasteiger partial charge in [0.15, 0.2) is 12.0 Å². The standard InChI is InChI=1S/C17H15F3N2O2/c1-21-16-13(10-4-2-6-12(8-10)17(18,19)20)14(23)15(24-16)11-5-3-7-22-9-11/h2-4,6-9,15,21-22H,5H2,1H3. The molecule has 1 aromatic rings. The second-order valence-electron chi connectivity index (χ2n) is 5.39. The van der Waals surface area contributed by atoms with Gasteiger partial charge in [0, 0.05) is 13.2 Å². The minimum atomic E-state index is -4.47. The number of benzene rings is 1. The van der Waals surface area contributed by atoms with Crippen LogP contribution in [0.3, 0.4) is 0 Å². The number of hydrogen-bond acceptors (Lipinski definition) is 4. The SMILES string of the molecule is CNC1=C(c2cccc(C(F)(F)F)c2)C(=O)C(C2=CNC=CC2)O1. The van der Waals surface area contributed by atoms with E-state index in [9.17, 15) is 18.0 Å². The van der Waals surface area contributed by atoms with E-state index in [1.165, 1.54) is 12.1 Å². The second kappa shape index (κ2) is 6.07. The zero-order valence-electron chi connectivity index (χ0n) is 12.8.